The molecule has 1 saturated heterocycles. The van der Waals surface area contributed by atoms with Crippen LogP contribution < -0.4 is 11.1 Å². The van der Waals surface area contributed by atoms with E-state index in [1.807, 2.05) is 24.3 Å². The minimum absolute atomic E-state index is 0. The number of aromatic nitrogens is 1. The van der Waals surface area contributed by atoms with Gasteiger partial charge in [0.25, 0.3) is 0 Å². The van der Waals surface area contributed by atoms with E-state index < -0.39 is 5.41 Å². The minimum Gasteiger partial charge on any atom is -0.381 e. The largest absolute Gasteiger partial charge is 0.381 e. The van der Waals surface area contributed by atoms with Gasteiger partial charge in [-0.15, -0.1) is 24.8 Å². The summed E-state index contributed by atoms with van der Waals surface area (Å²) in [5.74, 6) is 0.0338. The normalized spacial score (nSPS) is 15.3. The fourth-order valence-electron chi connectivity index (χ4n) is 3.02. The van der Waals surface area contributed by atoms with Gasteiger partial charge in [-0.05, 0) is 41.7 Å². The number of hydrogen-bond donors (Lipinski definition) is 2. The average molecular weight is 398 g/mol. The van der Waals surface area contributed by atoms with Crippen LogP contribution >= 0.6 is 24.8 Å². The number of amides is 1. The van der Waals surface area contributed by atoms with Crippen molar-refractivity contribution in [2.24, 2.45) is 11.1 Å². The molecule has 1 aromatic carbocycles. The quantitative estimate of drug-likeness (QED) is 0.812. The molecule has 1 amide bonds. The molecule has 1 aromatic heterocycles. The molecular formula is C19H25Cl2N3O2. The third-order valence-electron chi connectivity index (χ3n) is 4.74. The van der Waals surface area contributed by atoms with Crippen LogP contribution in [0, 0.1) is 5.41 Å². The van der Waals surface area contributed by atoms with Gasteiger partial charge in [-0.3, -0.25) is 9.78 Å². The molecule has 1 aliphatic rings. The smallest absolute Gasteiger partial charge is 0.227 e. The molecule has 0 atom stereocenters. The van der Waals surface area contributed by atoms with Gasteiger partial charge in [-0.1, -0.05) is 24.3 Å². The predicted octanol–water partition coefficient (Wildman–Crippen LogP) is 2.96. The average Bonchev–Trinajstić information content (AvgIpc) is 2.67. The summed E-state index contributed by atoms with van der Waals surface area (Å²) in [5, 5.41) is 3.04. The van der Waals surface area contributed by atoms with E-state index in [0.717, 1.165) is 16.7 Å². The van der Waals surface area contributed by atoms with Crippen molar-refractivity contribution < 1.29 is 9.53 Å². The van der Waals surface area contributed by atoms with Gasteiger partial charge in [0.1, 0.15) is 0 Å². The van der Waals surface area contributed by atoms with Crippen molar-refractivity contribution in [2.45, 2.75) is 19.4 Å². The first-order valence-corrected chi connectivity index (χ1v) is 8.29. The molecule has 26 heavy (non-hydrogen) atoms. The van der Waals surface area contributed by atoms with Gasteiger partial charge in [-0.25, -0.2) is 0 Å². The van der Waals surface area contributed by atoms with E-state index in [0.29, 0.717) is 39.1 Å². The molecule has 1 aliphatic heterocycles. The fourth-order valence-corrected chi connectivity index (χ4v) is 3.02. The molecule has 0 aliphatic carbocycles. The maximum absolute atomic E-state index is 12.6. The molecule has 3 N–H and O–H groups in total. The molecule has 0 unspecified atom stereocenters. The number of carbonyl (C=O) groups excluding carboxylic acids is 1. The van der Waals surface area contributed by atoms with E-state index in [2.05, 4.69) is 22.4 Å². The number of pyridine rings is 1. The lowest BCUT2D eigenvalue weighted by molar-refractivity contribution is -0.136. The summed E-state index contributed by atoms with van der Waals surface area (Å²) < 4.78 is 5.35. The molecule has 0 spiro atoms. The third-order valence-corrected chi connectivity index (χ3v) is 4.74. The van der Waals surface area contributed by atoms with E-state index >= 15 is 0 Å². The molecular weight excluding hydrogens is 373 g/mol. The summed E-state index contributed by atoms with van der Waals surface area (Å²) in [5.41, 5.74) is 8.73. The number of nitrogens with two attached hydrogens (primary N) is 1. The third kappa shape index (κ3) is 5.17. The first-order chi connectivity index (χ1) is 11.7. The summed E-state index contributed by atoms with van der Waals surface area (Å²) in [6.07, 6.45) is 4.94. The van der Waals surface area contributed by atoms with Gasteiger partial charge < -0.3 is 15.8 Å². The Bertz CT molecular complexity index is 675. The second-order valence-electron chi connectivity index (χ2n) is 6.21. The van der Waals surface area contributed by atoms with E-state index in [9.17, 15) is 4.79 Å². The van der Waals surface area contributed by atoms with Gasteiger partial charge >= 0.3 is 0 Å². The highest BCUT2D eigenvalue weighted by atomic mass is 35.5. The zero-order valence-corrected chi connectivity index (χ0v) is 16.2. The zero-order chi connectivity index (χ0) is 16.8. The van der Waals surface area contributed by atoms with Crippen LogP contribution in [0.1, 0.15) is 18.4 Å². The van der Waals surface area contributed by atoms with E-state index in [1.54, 1.807) is 12.4 Å². The first kappa shape index (κ1) is 22.4. The lowest BCUT2D eigenvalue weighted by Gasteiger charge is -2.34. The molecule has 3 rings (SSSR count). The maximum atomic E-state index is 12.6. The van der Waals surface area contributed by atoms with Crippen molar-refractivity contribution in [1.29, 1.82) is 0 Å². The van der Waals surface area contributed by atoms with Crippen molar-refractivity contribution >= 4 is 30.7 Å². The molecule has 5 nitrogen and oxygen atoms in total. The minimum atomic E-state index is -0.477. The van der Waals surface area contributed by atoms with Gasteiger partial charge in [0.2, 0.25) is 5.91 Å². The molecule has 0 radical (unpaired) electrons. The molecule has 2 aromatic rings. The van der Waals surface area contributed by atoms with Crippen LogP contribution in [0.5, 0.6) is 0 Å². The highest BCUT2D eigenvalue weighted by molar-refractivity contribution is 5.85. The Kier molecular flexibility index (Phi) is 9.02. The summed E-state index contributed by atoms with van der Waals surface area (Å²) in [6, 6.07) is 12.2. The highest BCUT2D eigenvalue weighted by Crippen LogP contribution is 2.29. The topological polar surface area (TPSA) is 77.2 Å². The number of ether oxygens (including phenoxy) is 1. The zero-order valence-electron chi connectivity index (χ0n) is 14.5. The van der Waals surface area contributed by atoms with Crippen molar-refractivity contribution in [1.82, 2.24) is 10.3 Å². The number of nitrogens with one attached hydrogen (secondary N) is 1. The number of nitrogens with zero attached hydrogens (tertiary/aromatic N) is 1. The van der Waals surface area contributed by atoms with E-state index in [1.165, 1.54) is 0 Å². The van der Waals surface area contributed by atoms with Gasteiger partial charge in [0, 0.05) is 38.7 Å². The van der Waals surface area contributed by atoms with Crippen molar-refractivity contribution in [3.05, 3.63) is 54.4 Å². The van der Waals surface area contributed by atoms with Crippen LogP contribution in [0.15, 0.2) is 48.8 Å². The molecule has 0 saturated carbocycles. The molecule has 1 fully saturated rings. The van der Waals surface area contributed by atoms with Crippen LogP contribution in [-0.4, -0.2) is 30.6 Å². The van der Waals surface area contributed by atoms with Crippen LogP contribution in [-0.2, 0) is 16.1 Å². The number of rotatable bonds is 5. The van der Waals surface area contributed by atoms with Crippen LogP contribution in [0.25, 0.3) is 11.1 Å². The summed E-state index contributed by atoms with van der Waals surface area (Å²) in [7, 11) is 0. The van der Waals surface area contributed by atoms with Gasteiger partial charge in [0.15, 0.2) is 0 Å². The van der Waals surface area contributed by atoms with E-state index in [-0.39, 0.29) is 30.7 Å². The number of carbonyl (C=O) groups is 1. The standard InChI is InChI=1S/C19H23N3O2.2ClH/c20-14-19(7-11-24-12-8-19)18(23)22-13-15-1-3-16(4-2-15)17-5-9-21-10-6-17;;/h1-6,9-10H,7-8,11-14,20H2,(H,22,23);2*1H. The highest BCUT2D eigenvalue weighted by Gasteiger charge is 2.38. The van der Waals surface area contributed by atoms with Crippen molar-refractivity contribution in [2.75, 3.05) is 19.8 Å². The number of hydrogen-bond acceptors (Lipinski definition) is 4. The Morgan fingerprint density at radius 3 is 2.19 bits per heavy atom. The Morgan fingerprint density at radius 1 is 1.04 bits per heavy atom. The van der Waals surface area contributed by atoms with Crippen LogP contribution in [0.2, 0.25) is 0 Å². The summed E-state index contributed by atoms with van der Waals surface area (Å²) in [4.78, 5) is 16.6. The monoisotopic (exact) mass is 397 g/mol. The Balaban J connectivity index is 0.00000169. The second-order valence-corrected chi connectivity index (χ2v) is 6.21. The fraction of sp³-hybridized carbons (Fsp3) is 0.368. The SMILES string of the molecule is Cl.Cl.NCC1(C(=O)NCc2ccc(-c3ccncc3)cc2)CCOCC1. The van der Waals surface area contributed by atoms with Gasteiger partial charge in [-0.2, -0.15) is 0 Å². The first-order valence-electron chi connectivity index (χ1n) is 8.29. The molecule has 0 bridgehead atoms. The predicted molar refractivity (Wildman–Crippen MR) is 108 cm³/mol. The van der Waals surface area contributed by atoms with E-state index in [4.69, 9.17) is 10.5 Å². The Labute approximate surface area is 166 Å². The van der Waals surface area contributed by atoms with Gasteiger partial charge in [0.05, 0.1) is 5.41 Å². The Morgan fingerprint density at radius 2 is 1.62 bits per heavy atom. The van der Waals surface area contributed by atoms with Crippen LogP contribution in [0.4, 0.5) is 0 Å². The summed E-state index contributed by atoms with van der Waals surface area (Å²) >= 11 is 0. The molecule has 142 valence electrons. The lowest BCUT2D eigenvalue weighted by atomic mass is 9.79. The Hall–Kier alpha value is -1.66. The lowest BCUT2D eigenvalue weighted by Crippen LogP contribution is -2.48. The number of halogens is 2. The second kappa shape index (κ2) is 10.5. The van der Waals surface area contributed by atoms with Crippen molar-refractivity contribution in [3.63, 3.8) is 0 Å². The van der Waals surface area contributed by atoms with Crippen molar-refractivity contribution in [3.8, 4) is 11.1 Å². The molecule has 7 heteroatoms. The summed E-state index contributed by atoms with van der Waals surface area (Å²) in [6.45, 7) is 2.08. The maximum Gasteiger partial charge on any atom is 0.227 e. The number of benzene rings is 1. The van der Waals surface area contributed by atoms with Crippen LogP contribution in [0.3, 0.4) is 0 Å². The molecule has 2 heterocycles.